The first-order chi connectivity index (χ1) is 14.5. The molecule has 3 aromatic rings. The highest BCUT2D eigenvalue weighted by atomic mass is 127. The Morgan fingerprint density at radius 2 is 1.90 bits per heavy atom. The number of benzene rings is 3. The van der Waals surface area contributed by atoms with E-state index in [9.17, 15) is 5.26 Å². The van der Waals surface area contributed by atoms with Gasteiger partial charge in [-0.1, -0.05) is 41.9 Å². The minimum absolute atomic E-state index is 0.311. The van der Waals surface area contributed by atoms with E-state index in [1.807, 2.05) is 36.4 Å². The van der Waals surface area contributed by atoms with Crippen molar-refractivity contribution < 1.29 is 9.47 Å². The lowest BCUT2D eigenvalue weighted by atomic mass is 10.0. The van der Waals surface area contributed by atoms with Gasteiger partial charge in [0.1, 0.15) is 6.61 Å². The van der Waals surface area contributed by atoms with Crippen molar-refractivity contribution in [3.8, 4) is 23.6 Å². The van der Waals surface area contributed by atoms with Crippen molar-refractivity contribution in [1.29, 1.82) is 10.5 Å². The van der Waals surface area contributed by atoms with Crippen molar-refractivity contribution in [2.75, 3.05) is 7.11 Å². The molecule has 0 heterocycles. The van der Waals surface area contributed by atoms with Crippen molar-refractivity contribution >= 4 is 45.8 Å². The molecule has 0 aliphatic heterocycles. The van der Waals surface area contributed by atoms with Crippen LogP contribution in [0, 0.1) is 26.2 Å². The van der Waals surface area contributed by atoms with Crippen molar-refractivity contribution in [3.05, 3.63) is 91.5 Å². The topological polar surface area (TPSA) is 66.0 Å². The second-order valence-corrected chi connectivity index (χ2v) is 7.85. The number of allylic oxidation sites excluding steroid dienone is 1. The fourth-order valence-electron chi connectivity index (χ4n) is 2.83. The number of hydrogen-bond donors (Lipinski definition) is 0. The molecule has 6 heteroatoms. The van der Waals surface area contributed by atoms with E-state index >= 15 is 0 Å². The Morgan fingerprint density at radius 1 is 1.10 bits per heavy atom. The standard InChI is InChI=1S/C24H16ClIN2O2/c1-29-23-12-17(10-20(14-28)18-7-4-5-16(9-18)13-27)11-22(26)24(23)30-15-19-6-2-3-8-21(19)25/h2-12H,15H2,1H3. The van der Waals surface area contributed by atoms with Gasteiger partial charge in [-0.05, 0) is 70.1 Å². The molecule has 0 spiro atoms. The molecule has 0 aliphatic rings. The van der Waals surface area contributed by atoms with Crippen LogP contribution in [0.25, 0.3) is 11.6 Å². The Morgan fingerprint density at radius 3 is 2.60 bits per heavy atom. The van der Waals surface area contributed by atoms with Crippen molar-refractivity contribution in [3.63, 3.8) is 0 Å². The van der Waals surface area contributed by atoms with Crippen molar-refractivity contribution in [2.45, 2.75) is 6.61 Å². The Hall–Kier alpha value is -3.00. The predicted octanol–water partition coefficient (Wildman–Crippen LogP) is 6.47. The van der Waals surface area contributed by atoms with Crippen LogP contribution < -0.4 is 9.47 Å². The second-order valence-electron chi connectivity index (χ2n) is 6.28. The summed E-state index contributed by atoms with van der Waals surface area (Å²) in [5.74, 6) is 1.17. The first kappa shape index (κ1) is 21.7. The summed E-state index contributed by atoms with van der Waals surface area (Å²) in [5, 5.41) is 19.4. The van der Waals surface area contributed by atoms with Gasteiger partial charge in [-0.15, -0.1) is 0 Å². The first-order valence-corrected chi connectivity index (χ1v) is 10.4. The molecule has 30 heavy (non-hydrogen) atoms. The van der Waals surface area contributed by atoms with Crippen LogP contribution in [0.3, 0.4) is 0 Å². The third-order valence-electron chi connectivity index (χ3n) is 4.32. The number of nitriles is 2. The van der Waals surface area contributed by atoms with E-state index in [-0.39, 0.29) is 0 Å². The maximum atomic E-state index is 9.62. The Labute approximate surface area is 194 Å². The number of ether oxygens (including phenoxy) is 2. The molecular formula is C24H16ClIN2O2. The van der Waals surface area contributed by atoms with Gasteiger partial charge in [0.05, 0.1) is 34.0 Å². The van der Waals surface area contributed by atoms with Gasteiger partial charge in [0, 0.05) is 10.6 Å². The number of rotatable bonds is 6. The maximum Gasteiger partial charge on any atom is 0.174 e. The molecule has 0 amide bonds. The SMILES string of the molecule is COc1cc(C=C(C#N)c2cccc(C#N)c2)cc(I)c1OCc1ccccc1Cl. The monoisotopic (exact) mass is 526 g/mol. The van der Waals surface area contributed by atoms with E-state index in [1.54, 1.807) is 37.5 Å². The van der Waals surface area contributed by atoms with E-state index in [2.05, 4.69) is 34.7 Å². The van der Waals surface area contributed by atoms with E-state index in [4.69, 9.17) is 26.3 Å². The normalized spacial score (nSPS) is 10.8. The van der Waals surface area contributed by atoms with Crippen LogP contribution in [0.15, 0.2) is 60.7 Å². The van der Waals surface area contributed by atoms with E-state index in [0.29, 0.717) is 39.8 Å². The smallest absolute Gasteiger partial charge is 0.174 e. The maximum absolute atomic E-state index is 9.62. The van der Waals surface area contributed by atoms with Crippen LogP contribution in [-0.4, -0.2) is 7.11 Å². The Bertz CT molecular complexity index is 1190. The molecule has 0 radical (unpaired) electrons. The highest BCUT2D eigenvalue weighted by molar-refractivity contribution is 14.1. The van der Waals surface area contributed by atoms with Gasteiger partial charge >= 0.3 is 0 Å². The van der Waals surface area contributed by atoms with Gasteiger partial charge in [-0.2, -0.15) is 10.5 Å². The average molecular weight is 527 g/mol. The highest BCUT2D eigenvalue weighted by Crippen LogP contribution is 2.36. The summed E-state index contributed by atoms with van der Waals surface area (Å²) in [4.78, 5) is 0. The highest BCUT2D eigenvalue weighted by Gasteiger charge is 2.13. The molecule has 0 aromatic heterocycles. The van der Waals surface area contributed by atoms with Gasteiger partial charge < -0.3 is 9.47 Å². The minimum atomic E-state index is 0.311. The molecule has 3 rings (SSSR count). The summed E-state index contributed by atoms with van der Waals surface area (Å²) in [5.41, 5.74) is 3.31. The van der Waals surface area contributed by atoms with Gasteiger partial charge in [0.2, 0.25) is 0 Å². The molecule has 0 aliphatic carbocycles. The summed E-state index contributed by atoms with van der Waals surface area (Å²) in [6, 6.07) is 22.5. The molecule has 0 saturated heterocycles. The van der Waals surface area contributed by atoms with E-state index in [1.165, 1.54) is 0 Å². The lowest BCUT2D eigenvalue weighted by Crippen LogP contribution is -2.00. The van der Waals surface area contributed by atoms with Gasteiger partial charge in [0.25, 0.3) is 0 Å². The van der Waals surface area contributed by atoms with Crippen LogP contribution in [-0.2, 0) is 6.61 Å². The summed E-state index contributed by atoms with van der Waals surface area (Å²) in [6.07, 6.45) is 1.76. The molecule has 0 bridgehead atoms. The lowest BCUT2D eigenvalue weighted by molar-refractivity contribution is 0.282. The number of nitrogens with zero attached hydrogens (tertiary/aromatic N) is 2. The van der Waals surface area contributed by atoms with Crippen LogP contribution in [0.4, 0.5) is 0 Å². The predicted molar refractivity (Wildman–Crippen MR) is 126 cm³/mol. The molecular weight excluding hydrogens is 511 g/mol. The van der Waals surface area contributed by atoms with Gasteiger partial charge in [-0.3, -0.25) is 0 Å². The lowest BCUT2D eigenvalue weighted by Gasteiger charge is -2.14. The number of hydrogen-bond acceptors (Lipinski definition) is 4. The number of methoxy groups -OCH3 is 1. The van der Waals surface area contributed by atoms with Crippen LogP contribution in [0.5, 0.6) is 11.5 Å². The summed E-state index contributed by atoms with van der Waals surface area (Å²) in [6.45, 7) is 0.311. The fourth-order valence-corrected chi connectivity index (χ4v) is 3.80. The number of halogens is 2. The zero-order valence-electron chi connectivity index (χ0n) is 16.0. The van der Waals surface area contributed by atoms with Crippen molar-refractivity contribution in [2.24, 2.45) is 0 Å². The average Bonchev–Trinajstić information content (AvgIpc) is 2.77. The van der Waals surface area contributed by atoms with Gasteiger partial charge in [0.15, 0.2) is 11.5 Å². The molecule has 0 fully saturated rings. The summed E-state index contributed by atoms with van der Waals surface area (Å²) in [7, 11) is 1.57. The zero-order chi connectivity index (χ0) is 21.5. The third kappa shape index (κ3) is 5.13. The van der Waals surface area contributed by atoms with Gasteiger partial charge in [-0.25, -0.2) is 0 Å². The molecule has 0 unspecified atom stereocenters. The Kier molecular flexibility index (Phi) is 7.35. The molecule has 3 aromatic carbocycles. The van der Waals surface area contributed by atoms with Crippen LogP contribution in [0.2, 0.25) is 5.02 Å². The fraction of sp³-hybridized carbons (Fsp3) is 0.0833. The molecule has 0 saturated carbocycles. The summed E-state index contributed by atoms with van der Waals surface area (Å²) >= 11 is 8.39. The molecule has 0 atom stereocenters. The van der Waals surface area contributed by atoms with E-state index in [0.717, 1.165) is 14.7 Å². The summed E-state index contributed by atoms with van der Waals surface area (Å²) < 4.78 is 12.4. The molecule has 0 N–H and O–H groups in total. The zero-order valence-corrected chi connectivity index (χ0v) is 18.9. The largest absolute Gasteiger partial charge is 0.493 e. The molecule has 4 nitrogen and oxygen atoms in total. The van der Waals surface area contributed by atoms with Crippen LogP contribution in [0.1, 0.15) is 22.3 Å². The van der Waals surface area contributed by atoms with E-state index < -0.39 is 0 Å². The first-order valence-electron chi connectivity index (χ1n) is 8.91. The second kappa shape index (κ2) is 10.2. The molecule has 148 valence electrons. The Balaban J connectivity index is 1.92. The minimum Gasteiger partial charge on any atom is -0.493 e. The third-order valence-corrected chi connectivity index (χ3v) is 5.49. The quantitative estimate of drug-likeness (QED) is 0.210. The van der Waals surface area contributed by atoms with Crippen LogP contribution >= 0.6 is 34.2 Å². The van der Waals surface area contributed by atoms with Crippen molar-refractivity contribution in [1.82, 2.24) is 0 Å².